The van der Waals surface area contributed by atoms with Gasteiger partial charge in [-0.1, -0.05) is 12.1 Å². The van der Waals surface area contributed by atoms with Crippen molar-refractivity contribution in [3.63, 3.8) is 0 Å². The molecule has 2 nitrogen and oxygen atoms in total. The molecule has 18 heavy (non-hydrogen) atoms. The lowest BCUT2D eigenvalue weighted by Crippen LogP contribution is -2.11. The Morgan fingerprint density at radius 2 is 2.11 bits per heavy atom. The molecule has 0 unspecified atom stereocenters. The molecule has 0 aliphatic rings. The fourth-order valence-electron chi connectivity index (χ4n) is 1.98. The molecule has 2 aromatic heterocycles. The maximum atomic E-state index is 3.55. The summed E-state index contributed by atoms with van der Waals surface area (Å²) in [6, 6.07) is 10.7. The third-order valence-electron chi connectivity index (χ3n) is 2.93. The highest BCUT2D eigenvalue weighted by atomic mass is 79.9. The topological polar surface area (TPSA) is 27.8 Å². The number of nitrogens with one attached hydrogen (secondary N) is 2. The van der Waals surface area contributed by atoms with Gasteiger partial charge >= 0.3 is 0 Å². The summed E-state index contributed by atoms with van der Waals surface area (Å²) < 4.78 is 1.19. The molecule has 2 heterocycles. The Kier molecular flexibility index (Phi) is 3.50. The summed E-state index contributed by atoms with van der Waals surface area (Å²) in [5.41, 5.74) is 2.50. The molecule has 0 spiro atoms. The van der Waals surface area contributed by atoms with Crippen LogP contribution in [-0.2, 0) is 13.1 Å². The summed E-state index contributed by atoms with van der Waals surface area (Å²) >= 11 is 5.32. The van der Waals surface area contributed by atoms with Gasteiger partial charge in [0.2, 0.25) is 0 Å². The number of fused-ring (bicyclic) bond motifs is 1. The lowest BCUT2D eigenvalue weighted by molar-refractivity contribution is 0.700. The number of thiophene rings is 1. The van der Waals surface area contributed by atoms with Gasteiger partial charge in [0.1, 0.15) is 0 Å². The number of H-pyrrole nitrogens is 1. The summed E-state index contributed by atoms with van der Waals surface area (Å²) in [6.45, 7) is 1.79. The SMILES string of the molecule is Brc1ccsc1CNCc1ccc2cc[nH]c2c1. The summed E-state index contributed by atoms with van der Waals surface area (Å²) in [5, 5.41) is 6.84. The quantitative estimate of drug-likeness (QED) is 0.737. The molecule has 3 aromatic rings. The molecule has 0 atom stereocenters. The molecule has 0 amide bonds. The maximum Gasteiger partial charge on any atom is 0.0457 e. The zero-order chi connectivity index (χ0) is 12.4. The molecule has 1 aromatic carbocycles. The molecule has 0 fully saturated rings. The standard InChI is InChI=1S/C14H13BrN2S/c15-12-4-6-18-14(12)9-16-8-10-1-2-11-3-5-17-13(11)7-10/h1-7,16-17H,8-9H2. The Balaban J connectivity index is 1.64. The largest absolute Gasteiger partial charge is 0.361 e. The minimum absolute atomic E-state index is 0.888. The second-order valence-corrected chi connectivity index (χ2v) is 6.05. The van der Waals surface area contributed by atoms with Crippen LogP contribution < -0.4 is 5.32 Å². The van der Waals surface area contributed by atoms with Crippen LogP contribution in [0.2, 0.25) is 0 Å². The Bertz CT molecular complexity index is 656. The third-order valence-corrected chi connectivity index (χ3v) is 4.85. The molecular formula is C14H13BrN2S. The molecule has 0 saturated heterocycles. The number of halogens is 1. The molecule has 3 rings (SSSR count). The first-order valence-electron chi connectivity index (χ1n) is 5.81. The van der Waals surface area contributed by atoms with E-state index >= 15 is 0 Å². The molecule has 4 heteroatoms. The summed E-state index contributed by atoms with van der Waals surface area (Å²) in [6.07, 6.45) is 1.98. The average molecular weight is 321 g/mol. The van der Waals surface area contributed by atoms with Crippen LogP contribution in [0.3, 0.4) is 0 Å². The highest BCUT2D eigenvalue weighted by molar-refractivity contribution is 9.10. The zero-order valence-electron chi connectivity index (χ0n) is 9.74. The van der Waals surface area contributed by atoms with Gasteiger partial charge in [0.15, 0.2) is 0 Å². The first-order valence-corrected chi connectivity index (χ1v) is 7.49. The van der Waals surface area contributed by atoms with Crippen molar-refractivity contribution in [3.8, 4) is 0 Å². The van der Waals surface area contributed by atoms with Gasteiger partial charge < -0.3 is 10.3 Å². The van der Waals surface area contributed by atoms with Crippen LogP contribution in [0.5, 0.6) is 0 Å². The molecule has 0 radical (unpaired) electrons. The molecule has 0 bridgehead atoms. The Morgan fingerprint density at radius 3 is 2.94 bits per heavy atom. The third kappa shape index (κ3) is 2.51. The van der Waals surface area contributed by atoms with Crippen molar-refractivity contribution in [2.75, 3.05) is 0 Å². The minimum Gasteiger partial charge on any atom is -0.361 e. The number of rotatable bonds is 4. The van der Waals surface area contributed by atoms with E-state index in [9.17, 15) is 0 Å². The highest BCUT2D eigenvalue weighted by Gasteiger charge is 2.01. The van der Waals surface area contributed by atoms with Crippen molar-refractivity contribution in [2.24, 2.45) is 0 Å². The fourth-order valence-corrected chi connectivity index (χ4v) is 3.44. The van der Waals surface area contributed by atoms with Gasteiger partial charge in [0.25, 0.3) is 0 Å². The van der Waals surface area contributed by atoms with Crippen LogP contribution in [-0.4, -0.2) is 4.98 Å². The van der Waals surface area contributed by atoms with E-state index in [1.54, 1.807) is 11.3 Å². The first kappa shape index (κ1) is 12.0. The van der Waals surface area contributed by atoms with Crippen molar-refractivity contribution >= 4 is 38.2 Å². The maximum absolute atomic E-state index is 3.55. The molecule has 0 aliphatic carbocycles. The first-order chi connectivity index (χ1) is 8.83. The average Bonchev–Trinajstić information content (AvgIpc) is 2.98. The number of aromatic amines is 1. The predicted octanol–water partition coefficient (Wildman–Crippen LogP) is 4.28. The molecule has 0 saturated carbocycles. The van der Waals surface area contributed by atoms with E-state index in [0.29, 0.717) is 0 Å². The summed E-state index contributed by atoms with van der Waals surface area (Å²) in [5.74, 6) is 0. The van der Waals surface area contributed by atoms with E-state index in [2.05, 4.69) is 61.9 Å². The molecule has 0 aliphatic heterocycles. The Hall–Kier alpha value is -1.10. The van der Waals surface area contributed by atoms with Crippen molar-refractivity contribution in [3.05, 3.63) is 56.8 Å². The van der Waals surface area contributed by atoms with E-state index < -0.39 is 0 Å². The van der Waals surface area contributed by atoms with Crippen molar-refractivity contribution in [1.82, 2.24) is 10.3 Å². The van der Waals surface area contributed by atoms with Gasteiger partial charge in [-0.2, -0.15) is 0 Å². The zero-order valence-corrected chi connectivity index (χ0v) is 12.1. The van der Waals surface area contributed by atoms with E-state index in [1.807, 2.05) is 6.20 Å². The Morgan fingerprint density at radius 1 is 1.17 bits per heavy atom. The van der Waals surface area contributed by atoms with Crippen LogP contribution in [0.4, 0.5) is 0 Å². The molecule has 2 N–H and O–H groups in total. The predicted molar refractivity (Wildman–Crippen MR) is 80.9 cm³/mol. The Labute approximate surface area is 118 Å². The lowest BCUT2D eigenvalue weighted by Gasteiger charge is -2.04. The van der Waals surface area contributed by atoms with Crippen molar-refractivity contribution in [1.29, 1.82) is 0 Å². The van der Waals surface area contributed by atoms with Gasteiger partial charge in [-0.15, -0.1) is 11.3 Å². The van der Waals surface area contributed by atoms with Crippen LogP contribution in [0.15, 0.2) is 46.4 Å². The second-order valence-electron chi connectivity index (χ2n) is 4.19. The van der Waals surface area contributed by atoms with Crippen LogP contribution in [0.25, 0.3) is 10.9 Å². The lowest BCUT2D eigenvalue weighted by atomic mass is 10.1. The van der Waals surface area contributed by atoms with E-state index in [4.69, 9.17) is 0 Å². The minimum atomic E-state index is 0.888. The molecule has 92 valence electrons. The van der Waals surface area contributed by atoms with Gasteiger partial charge in [-0.05, 0) is 50.5 Å². The van der Waals surface area contributed by atoms with Crippen molar-refractivity contribution in [2.45, 2.75) is 13.1 Å². The van der Waals surface area contributed by atoms with Gasteiger partial charge in [0, 0.05) is 34.2 Å². The van der Waals surface area contributed by atoms with E-state index in [1.165, 1.54) is 25.8 Å². The van der Waals surface area contributed by atoms with Crippen LogP contribution >= 0.6 is 27.3 Å². The number of benzene rings is 1. The normalized spacial score (nSPS) is 11.2. The monoisotopic (exact) mass is 320 g/mol. The van der Waals surface area contributed by atoms with Gasteiger partial charge in [-0.3, -0.25) is 0 Å². The van der Waals surface area contributed by atoms with Crippen LogP contribution in [0.1, 0.15) is 10.4 Å². The van der Waals surface area contributed by atoms with Gasteiger partial charge in [-0.25, -0.2) is 0 Å². The highest BCUT2D eigenvalue weighted by Crippen LogP contribution is 2.22. The number of aromatic nitrogens is 1. The van der Waals surface area contributed by atoms with E-state index in [0.717, 1.165) is 13.1 Å². The summed E-state index contributed by atoms with van der Waals surface area (Å²) in [7, 11) is 0. The van der Waals surface area contributed by atoms with Gasteiger partial charge in [0.05, 0.1) is 0 Å². The smallest absolute Gasteiger partial charge is 0.0457 e. The number of hydrogen-bond acceptors (Lipinski definition) is 2. The summed E-state index contributed by atoms with van der Waals surface area (Å²) in [4.78, 5) is 4.58. The number of hydrogen-bond donors (Lipinski definition) is 2. The van der Waals surface area contributed by atoms with Crippen molar-refractivity contribution < 1.29 is 0 Å². The molecular weight excluding hydrogens is 308 g/mol. The second kappa shape index (κ2) is 5.26. The van der Waals surface area contributed by atoms with Crippen LogP contribution in [0, 0.1) is 0 Å². The van der Waals surface area contributed by atoms with E-state index in [-0.39, 0.29) is 0 Å². The fraction of sp³-hybridized carbons (Fsp3) is 0.143.